The van der Waals surface area contributed by atoms with E-state index < -0.39 is 0 Å². The Hall–Kier alpha value is -3.14. The summed E-state index contributed by atoms with van der Waals surface area (Å²) < 4.78 is 11.7. The lowest BCUT2D eigenvalue weighted by Gasteiger charge is -2.33. The van der Waals surface area contributed by atoms with Crippen LogP contribution in [0.25, 0.3) is 11.3 Å². The fraction of sp³-hybridized carbons (Fsp3) is 0.407. The first-order chi connectivity index (χ1) is 17.5. The predicted octanol–water partition coefficient (Wildman–Crippen LogP) is 4.80. The molecule has 1 aromatic heterocycles. The molecular weight excluding hydrogens is 474 g/mol. The number of aryl methyl sites for hydroxylation is 1. The Labute approximate surface area is 217 Å². The molecular formula is C27H35N5O3S. The van der Waals surface area contributed by atoms with Crippen molar-refractivity contribution in [1.82, 2.24) is 15.4 Å². The van der Waals surface area contributed by atoms with Crippen LogP contribution in [0, 0.1) is 12.3 Å². The van der Waals surface area contributed by atoms with E-state index in [1.54, 1.807) is 35.6 Å². The van der Waals surface area contributed by atoms with Crippen LogP contribution in [0.3, 0.4) is 0 Å². The highest BCUT2D eigenvalue weighted by atomic mass is 32.1. The van der Waals surface area contributed by atoms with Gasteiger partial charge in [0.2, 0.25) is 0 Å². The topological polar surface area (TPSA) is 93.9 Å². The highest BCUT2D eigenvalue weighted by molar-refractivity contribution is 7.16. The molecule has 36 heavy (non-hydrogen) atoms. The van der Waals surface area contributed by atoms with Crippen molar-refractivity contribution in [1.29, 1.82) is 5.41 Å². The number of amidine groups is 1. The number of hydrogen-bond acceptors (Lipinski definition) is 8. The number of rotatable bonds is 11. The third kappa shape index (κ3) is 6.96. The van der Waals surface area contributed by atoms with Crippen LogP contribution in [0.2, 0.25) is 0 Å². The molecule has 0 atom stereocenters. The monoisotopic (exact) mass is 509 g/mol. The maximum absolute atomic E-state index is 8.78. The van der Waals surface area contributed by atoms with Crippen molar-refractivity contribution in [3.63, 3.8) is 0 Å². The highest BCUT2D eigenvalue weighted by Crippen LogP contribution is 2.37. The molecule has 4 rings (SSSR count). The Morgan fingerprint density at radius 1 is 0.944 bits per heavy atom. The summed E-state index contributed by atoms with van der Waals surface area (Å²) in [6.07, 6.45) is 2.92. The summed E-state index contributed by atoms with van der Waals surface area (Å²) in [5.74, 6) is 1.60. The first-order valence-electron chi connectivity index (χ1n) is 12.4. The van der Waals surface area contributed by atoms with Gasteiger partial charge in [0.05, 0.1) is 18.2 Å². The standard InChI is InChI=1S/C27H35N5O3S/c1-20-29-25(27(36-20)32-16-14-31(2)15-17-32)21-6-10-23(11-7-21)34-18-4-3-5-19-35-24-12-8-22(9-13-24)26(28)30-33/h6-13,33H,3-5,14-19H2,1-2H3,(H2,28,30). The van der Waals surface area contributed by atoms with Crippen molar-refractivity contribution in [2.75, 3.05) is 51.3 Å². The lowest BCUT2D eigenvalue weighted by atomic mass is 10.1. The van der Waals surface area contributed by atoms with Crippen LogP contribution < -0.4 is 19.9 Å². The molecule has 192 valence electrons. The first kappa shape index (κ1) is 25.9. The van der Waals surface area contributed by atoms with Gasteiger partial charge in [0, 0.05) is 37.3 Å². The molecule has 2 heterocycles. The minimum atomic E-state index is -0.0372. The van der Waals surface area contributed by atoms with E-state index in [2.05, 4.69) is 35.9 Å². The van der Waals surface area contributed by atoms with Gasteiger partial charge in [0.25, 0.3) is 0 Å². The average molecular weight is 510 g/mol. The summed E-state index contributed by atoms with van der Waals surface area (Å²) in [6, 6.07) is 15.4. The quantitative estimate of drug-likeness (QED) is 0.148. The largest absolute Gasteiger partial charge is 0.494 e. The minimum Gasteiger partial charge on any atom is -0.494 e. The predicted molar refractivity (Wildman–Crippen MR) is 145 cm³/mol. The Balaban J connectivity index is 1.18. The van der Waals surface area contributed by atoms with E-state index >= 15 is 0 Å². The number of likely N-dealkylation sites (N-methyl/N-ethyl adjacent to an activating group) is 1. The molecule has 0 amide bonds. The summed E-state index contributed by atoms with van der Waals surface area (Å²) >= 11 is 1.78. The van der Waals surface area contributed by atoms with Crippen molar-refractivity contribution >= 4 is 22.2 Å². The van der Waals surface area contributed by atoms with Crippen LogP contribution in [0.4, 0.5) is 5.00 Å². The van der Waals surface area contributed by atoms with Crippen LogP contribution in [0.15, 0.2) is 48.5 Å². The normalized spacial score (nSPS) is 14.0. The zero-order valence-corrected chi connectivity index (χ0v) is 21.8. The van der Waals surface area contributed by atoms with Gasteiger partial charge in [-0.1, -0.05) is 0 Å². The van der Waals surface area contributed by atoms with Crippen LogP contribution >= 0.6 is 11.3 Å². The van der Waals surface area contributed by atoms with E-state index in [0.717, 1.165) is 73.2 Å². The number of nitrogens with one attached hydrogen (secondary N) is 2. The molecule has 0 unspecified atom stereocenters. The summed E-state index contributed by atoms with van der Waals surface area (Å²) in [6.45, 7) is 7.62. The van der Waals surface area contributed by atoms with Gasteiger partial charge in [-0.3, -0.25) is 16.1 Å². The van der Waals surface area contributed by atoms with E-state index in [0.29, 0.717) is 18.8 Å². The van der Waals surface area contributed by atoms with Crippen LogP contribution in [0.5, 0.6) is 11.5 Å². The first-order valence-corrected chi connectivity index (χ1v) is 13.2. The fourth-order valence-corrected chi connectivity index (χ4v) is 5.07. The van der Waals surface area contributed by atoms with Gasteiger partial charge in [-0.15, -0.1) is 11.3 Å². The Kier molecular flexibility index (Phi) is 9.16. The van der Waals surface area contributed by atoms with Gasteiger partial charge in [0.1, 0.15) is 28.0 Å². The molecule has 1 fully saturated rings. The van der Waals surface area contributed by atoms with Crippen molar-refractivity contribution in [2.45, 2.75) is 26.2 Å². The van der Waals surface area contributed by atoms with Gasteiger partial charge in [-0.2, -0.15) is 0 Å². The number of aromatic nitrogens is 1. The molecule has 3 N–H and O–H groups in total. The van der Waals surface area contributed by atoms with Crippen molar-refractivity contribution in [3.05, 3.63) is 59.1 Å². The summed E-state index contributed by atoms with van der Waals surface area (Å²) in [4.78, 5) is 9.67. The number of thiazole rings is 1. The van der Waals surface area contributed by atoms with E-state index in [9.17, 15) is 0 Å². The smallest absolute Gasteiger partial charge is 0.149 e. The lowest BCUT2D eigenvalue weighted by molar-refractivity contribution is 0.234. The van der Waals surface area contributed by atoms with Gasteiger partial charge < -0.3 is 19.3 Å². The summed E-state index contributed by atoms with van der Waals surface area (Å²) in [7, 11) is 2.18. The Morgan fingerprint density at radius 2 is 1.53 bits per heavy atom. The SMILES string of the molecule is Cc1nc(-c2ccc(OCCCCCOc3ccc(C(=N)NO)cc3)cc2)c(N2CCN(C)CC2)s1. The molecule has 2 aromatic carbocycles. The molecule has 9 heteroatoms. The maximum atomic E-state index is 8.78. The second-order valence-electron chi connectivity index (χ2n) is 8.97. The number of piperazine rings is 1. The Morgan fingerprint density at radius 3 is 2.11 bits per heavy atom. The number of hydrogen-bond donors (Lipinski definition) is 3. The van der Waals surface area contributed by atoms with Crippen molar-refractivity contribution in [3.8, 4) is 22.8 Å². The number of ether oxygens (including phenoxy) is 2. The van der Waals surface area contributed by atoms with Gasteiger partial charge in [0.15, 0.2) is 0 Å². The molecule has 3 aromatic rings. The summed E-state index contributed by atoms with van der Waals surface area (Å²) in [5, 5.41) is 18.7. The van der Waals surface area contributed by atoms with Crippen LogP contribution in [-0.4, -0.2) is 67.4 Å². The molecule has 1 aliphatic heterocycles. The zero-order chi connectivity index (χ0) is 25.3. The molecule has 1 saturated heterocycles. The Bertz CT molecular complexity index is 1110. The molecule has 8 nitrogen and oxygen atoms in total. The fourth-order valence-electron chi connectivity index (χ4n) is 4.08. The molecule has 1 aliphatic rings. The average Bonchev–Trinajstić information content (AvgIpc) is 3.30. The van der Waals surface area contributed by atoms with Crippen molar-refractivity contribution in [2.24, 2.45) is 0 Å². The highest BCUT2D eigenvalue weighted by Gasteiger charge is 2.21. The number of unbranched alkanes of at least 4 members (excludes halogenated alkanes) is 2. The maximum Gasteiger partial charge on any atom is 0.149 e. The minimum absolute atomic E-state index is 0.0372. The van der Waals surface area contributed by atoms with Crippen LogP contribution in [0.1, 0.15) is 29.8 Å². The molecule has 0 aliphatic carbocycles. The molecule has 0 saturated carbocycles. The third-order valence-electron chi connectivity index (χ3n) is 6.22. The second kappa shape index (κ2) is 12.7. The van der Waals surface area contributed by atoms with Gasteiger partial charge in [-0.05, 0) is 81.8 Å². The van der Waals surface area contributed by atoms with Crippen molar-refractivity contribution < 1.29 is 14.7 Å². The van der Waals surface area contributed by atoms with E-state index in [1.807, 2.05) is 17.6 Å². The number of nitrogens with zero attached hydrogens (tertiary/aromatic N) is 3. The lowest BCUT2D eigenvalue weighted by Crippen LogP contribution is -2.44. The number of anilines is 1. The van der Waals surface area contributed by atoms with Gasteiger partial charge in [-0.25, -0.2) is 4.98 Å². The van der Waals surface area contributed by atoms with E-state index in [-0.39, 0.29) is 5.84 Å². The van der Waals surface area contributed by atoms with E-state index in [1.165, 1.54) is 5.00 Å². The van der Waals surface area contributed by atoms with Gasteiger partial charge >= 0.3 is 0 Å². The zero-order valence-electron chi connectivity index (χ0n) is 21.0. The van der Waals surface area contributed by atoms with E-state index in [4.69, 9.17) is 25.1 Å². The summed E-state index contributed by atoms with van der Waals surface area (Å²) in [5.41, 5.74) is 4.65. The number of benzene rings is 2. The van der Waals surface area contributed by atoms with Crippen LogP contribution in [-0.2, 0) is 0 Å². The molecule has 0 radical (unpaired) electrons. The third-order valence-corrected chi connectivity index (χ3v) is 7.25. The molecule has 0 spiro atoms. The second-order valence-corrected chi connectivity index (χ2v) is 10.2. The number of hydroxylamine groups is 1. The molecule has 0 bridgehead atoms.